The average molecular weight is 326 g/mol. The molecule has 0 spiro atoms. The molecule has 0 saturated carbocycles. The first kappa shape index (κ1) is 15.8. The van der Waals surface area contributed by atoms with Gasteiger partial charge in [-0.1, -0.05) is 41.9 Å². The van der Waals surface area contributed by atoms with Crippen LogP contribution in [0.4, 0.5) is 0 Å². The van der Waals surface area contributed by atoms with Gasteiger partial charge in [-0.15, -0.1) is 0 Å². The summed E-state index contributed by atoms with van der Waals surface area (Å²) in [5.74, 6) is 0.277. The molecule has 0 atom stereocenters. The van der Waals surface area contributed by atoms with E-state index in [1.807, 2.05) is 30.3 Å². The summed E-state index contributed by atoms with van der Waals surface area (Å²) in [5, 5.41) is 0.350. The van der Waals surface area contributed by atoms with Crippen LogP contribution in [0.2, 0.25) is 5.02 Å². The van der Waals surface area contributed by atoms with Crippen molar-refractivity contribution in [1.29, 1.82) is 0 Å². The predicted octanol–water partition coefficient (Wildman–Crippen LogP) is 3.17. The van der Waals surface area contributed by atoms with E-state index < -0.39 is 10.0 Å². The van der Waals surface area contributed by atoms with Crippen LogP contribution in [0, 0.1) is 0 Å². The standard InChI is InChI=1S/C15H16ClNO3S/c1-17(11-12-6-4-3-5-7-12)21(18,19)15-10-13(16)8-9-14(15)20-2/h3-10H,11H2,1-2H3. The summed E-state index contributed by atoms with van der Waals surface area (Å²) in [6.07, 6.45) is 0. The van der Waals surface area contributed by atoms with Crippen LogP contribution in [0.3, 0.4) is 0 Å². The van der Waals surface area contributed by atoms with Crippen molar-refractivity contribution in [3.05, 3.63) is 59.1 Å². The van der Waals surface area contributed by atoms with Crippen molar-refractivity contribution >= 4 is 21.6 Å². The van der Waals surface area contributed by atoms with Crippen molar-refractivity contribution in [2.45, 2.75) is 11.4 Å². The van der Waals surface area contributed by atoms with Crippen molar-refractivity contribution in [3.63, 3.8) is 0 Å². The minimum Gasteiger partial charge on any atom is -0.495 e. The number of methoxy groups -OCH3 is 1. The van der Waals surface area contributed by atoms with Crippen LogP contribution >= 0.6 is 11.6 Å². The first-order valence-corrected chi connectivity index (χ1v) is 8.11. The van der Waals surface area contributed by atoms with Crippen molar-refractivity contribution in [2.24, 2.45) is 0 Å². The second-order valence-corrected chi connectivity index (χ2v) is 6.99. The fraction of sp³-hybridized carbons (Fsp3) is 0.200. The summed E-state index contributed by atoms with van der Waals surface area (Å²) in [6.45, 7) is 0.277. The molecule has 0 aliphatic carbocycles. The molecule has 0 heterocycles. The highest BCUT2D eigenvalue weighted by Crippen LogP contribution is 2.29. The number of nitrogens with zero attached hydrogens (tertiary/aromatic N) is 1. The van der Waals surface area contributed by atoms with Gasteiger partial charge >= 0.3 is 0 Å². The highest BCUT2D eigenvalue weighted by molar-refractivity contribution is 7.89. The molecule has 0 aliphatic heterocycles. The average Bonchev–Trinajstić information content (AvgIpc) is 2.48. The number of ether oxygens (including phenoxy) is 1. The Hall–Kier alpha value is -1.56. The third-order valence-electron chi connectivity index (χ3n) is 3.06. The maximum Gasteiger partial charge on any atom is 0.246 e. The molecule has 21 heavy (non-hydrogen) atoms. The lowest BCUT2D eigenvalue weighted by molar-refractivity contribution is 0.397. The van der Waals surface area contributed by atoms with Crippen molar-refractivity contribution in [2.75, 3.05) is 14.2 Å². The summed E-state index contributed by atoms with van der Waals surface area (Å²) in [6, 6.07) is 13.9. The molecular weight excluding hydrogens is 310 g/mol. The van der Waals surface area contributed by atoms with E-state index in [1.54, 1.807) is 12.1 Å². The fourth-order valence-corrected chi connectivity index (χ4v) is 3.52. The van der Waals surface area contributed by atoms with E-state index in [-0.39, 0.29) is 17.2 Å². The number of hydrogen-bond donors (Lipinski definition) is 0. The Bertz CT molecular complexity index is 717. The van der Waals surface area contributed by atoms with Crippen LogP contribution in [0.1, 0.15) is 5.56 Å². The topological polar surface area (TPSA) is 46.6 Å². The van der Waals surface area contributed by atoms with Gasteiger partial charge < -0.3 is 4.74 Å². The number of benzene rings is 2. The maximum atomic E-state index is 12.7. The van der Waals surface area contributed by atoms with E-state index in [4.69, 9.17) is 16.3 Å². The van der Waals surface area contributed by atoms with Crippen LogP contribution in [-0.2, 0) is 16.6 Å². The SMILES string of the molecule is COc1ccc(Cl)cc1S(=O)(=O)N(C)Cc1ccccc1. The number of sulfonamides is 1. The van der Waals surface area contributed by atoms with Crippen LogP contribution < -0.4 is 4.74 Å². The molecule has 0 aliphatic rings. The Morgan fingerprint density at radius 3 is 2.43 bits per heavy atom. The molecule has 0 N–H and O–H groups in total. The summed E-state index contributed by atoms with van der Waals surface area (Å²) < 4.78 is 31.7. The third kappa shape index (κ3) is 3.56. The molecule has 112 valence electrons. The van der Waals surface area contributed by atoms with Gasteiger partial charge in [-0.25, -0.2) is 8.42 Å². The molecule has 2 aromatic rings. The van der Waals surface area contributed by atoms with Gasteiger partial charge in [0, 0.05) is 18.6 Å². The molecule has 0 bridgehead atoms. The highest BCUT2D eigenvalue weighted by Gasteiger charge is 2.25. The molecule has 6 heteroatoms. The van der Waals surface area contributed by atoms with Gasteiger partial charge in [0.2, 0.25) is 10.0 Å². The van der Waals surface area contributed by atoms with Gasteiger partial charge in [-0.2, -0.15) is 4.31 Å². The van der Waals surface area contributed by atoms with E-state index in [9.17, 15) is 8.42 Å². The van der Waals surface area contributed by atoms with E-state index >= 15 is 0 Å². The molecule has 0 fully saturated rings. The fourth-order valence-electron chi connectivity index (χ4n) is 1.95. The highest BCUT2D eigenvalue weighted by atomic mass is 35.5. The van der Waals surface area contributed by atoms with Gasteiger partial charge in [0.25, 0.3) is 0 Å². The minimum atomic E-state index is -3.68. The van der Waals surface area contributed by atoms with Crippen LogP contribution in [0.5, 0.6) is 5.75 Å². The molecule has 2 rings (SSSR count). The van der Waals surface area contributed by atoms with E-state index in [0.29, 0.717) is 5.02 Å². The Morgan fingerprint density at radius 1 is 1.14 bits per heavy atom. The smallest absolute Gasteiger partial charge is 0.246 e. The van der Waals surface area contributed by atoms with Crippen molar-refractivity contribution in [1.82, 2.24) is 4.31 Å². The zero-order chi connectivity index (χ0) is 15.5. The Labute approximate surface area is 130 Å². The van der Waals surface area contributed by atoms with E-state index in [0.717, 1.165) is 5.56 Å². The lowest BCUT2D eigenvalue weighted by Gasteiger charge is -2.19. The quantitative estimate of drug-likeness (QED) is 0.848. The molecule has 0 amide bonds. The first-order valence-electron chi connectivity index (χ1n) is 6.29. The van der Waals surface area contributed by atoms with Gasteiger partial charge in [-0.3, -0.25) is 0 Å². The normalized spacial score (nSPS) is 11.6. The largest absolute Gasteiger partial charge is 0.495 e. The third-order valence-corrected chi connectivity index (χ3v) is 5.12. The van der Waals surface area contributed by atoms with Gasteiger partial charge in [0.1, 0.15) is 10.6 Å². The molecular formula is C15H16ClNO3S. The summed E-state index contributed by atoms with van der Waals surface area (Å²) in [7, 11) is -0.718. The van der Waals surface area contributed by atoms with Crippen LogP contribution in [0.15, 0.2) is 53.4 Å². The van der Waals surface area contributed by atoms with Gasteiger partial charge in [-0.05, 0) is 23.8 Å². The molecule has 2 aromatic carbocycles. The lowest BCUT2D eigenvalue weighted by atomic mass is 10.2. The summed E-state index contributed by atoms with van der Waals surface area (Å²) >= 11 is 5.91. The molecule has 0 unspecified atom stereocenters. The van der Waals surface area contributed by atoms with Crippen LogP contribution in [0.25, 0.3) is 0 Å². The van der Waals surface area contributed by atoms with Crippen molar-refractivity contribution < 1.29 is 13.2 Å². The minimum absolute atomic E-state index is 0.0657. The molecule has 0 aromatic heterocycles. The van der Waals surface area contributed by atoms with Crippen LogP contribution in [-0.4, -0.2) is 26.9 Å². The van der Waals surface area contributed by atoms with E-state index in [1.165, 1.54) is 24.5 Å². The second kappa shape index (κ2) is 6.47. The molecule has 0 radical (unpaired) electrons. The monoisotopic (exact) mass is 325 g/mol. The Kier molecular flexibility index (Phi) is 4.88. The summed E-state index contributed by atoms with van der Waals surface area (Å²) in [4.78, 5) is 0.0657. The number of rotatable bonds is 5. The van der Waals surface area contributed by atoms with Crippen molar-refractivity contribution in [3.8, 4) is 5.75 Å². The molecule has 0 saturated heterocycles. The zero-order valence-electron chi connectivity index (χ0n) is 11.8. The number of halogens is 1. The second-order valence-electron chi connectivity index (χ2n) is 4.54. The van der Waals surface area contributed by atoms with E-state index in [2.05, 4.69) is 0 Å². The number of hydrogen-bond acceptors (Lipinski definition) is 3. The zero-order valence-corrected chi connectivity index (χ0v) is 13.4. The Morgan fingerprint density at radius 2 is 1.81 bits per heavy atom. The lowest BCUT2D eigenvalue weighted by Crippen LogP contribution is -2.26. The maximum absolute atomic E-state index is 12.7. The van der Waals surface area contributed by atoms with Gasteiger partial charge in [0.15, 0.2) is 0 Å². The Balaban J connectivity index is 2.35. The van der Waals surface area contributed by atoms with Gasteiger partial charge in [0.05, 0.1) is 7.11 Å². The summed E-state index contributed by atoms with van der Waals surface area (Å²) in [5.41, 5.74) is 0.907. The predicted molar refractivity (Wildman–Crippen MR) is 83.1 cm³/mol. The molecule has 4 nitrogen and oxygen atoms in total. The first-order chi connectivity index (χ1) is 9.95.